The number of hydrogen-bond donors (Lipinski definition) is 0. The predicted octanol–water partition coefficient (Wildman–Crippen LogP) is 3.05. The maximum Gasteiger partial charge on any atom is 0.123 e. The van der Waals surface area contributed by atoms with Crippen molar-refractivity contribution in [3.05, 3.63) is 41.6 Å². The summed E-state index contributed by atoms with van der Waals surface area (Å²) < 4.78 is 17.9. The van der Waals surface area contributed by atoms with Crippen molar-refractivity contribution in [2.75, 3.05) is 0 Å². The number of benzene rings is 1. The molecule has 19 heavy (non-hydrogen) atoms. The lowest BCUT2D eigenvalue weighted by Crippen LogP contribution is -2.12. The van der Waals surface area contributed by atoms with Crippen molar-refractivity contribution in [1.29, 1.82) is 0 Å². The van der Waals surface area contributed by atoms with Gasteiger partial charge in [0.25, 0.3) is 0 Å². The molecule has 0 unspecified atom stereocenters. The number of halogens is 1. The van der Waals surface area contributed by atoms with Crippen molar-refractivity contribution in [2.24, 2.45) is 7.05 Å². The molecule has 0 atom stereocenters. The molecule has 0 radical (unpaired) electrons. The molecular formula is C15H14FN3. The van der Waals surface area contributed by atoms with Crippen LogP contribution in [-0.2, 0) is 20.0 Å². The van der Waals surface area contributed by atoms with Crippen LogP contribution < -0.4 is 0 Å². The van der Waals surface area contributed by atoms with Crippen molar-refractivity contribution >= 4 is 10.9 Å². The molecule has 0 bridgehead atoms. The van der Waals surface area contributed by atoms with Crippen LogP contribution in [0.2, 0.25) is 0 Å². The number of nitrogens with zero attached hydrogens (tertiary/aromatic N) is 3. The second kappa shape index (κ2) is 3.47. The molecule has 4 heteroatoms. The van der Waals surface area contributed by atoms with E-state index < -0.39 is 0 Å². The zero-order chi connectivity index (χ0) is 13.1. The van der Waals surface area contributed by atoms with Gasteiger partial charge >= 0.3 is 0 Å². The number of aryl methyl sites for hydroxylation is 3. The molecule has 1 aliphatic rings. The normalized spacial score (nSPS) is 13.6. The van der Waals surface area contributed by atoms with Gasteiger partial charge in [-0.3, -0.25) is 0 Å². The molecule has 2 aromatic heterocycles. The summed E-state index contributed by atoms with van der Waals surface area (Å²) in [4.78, 5) is 4.40. The van der Waals surface area contributed by atoms with Gasteiger partial charge in [0.15, 0.2) is 0 Å². The number of rotatable bonds is 0. The van der Waals surface area contributed by atoms with Crippen LogP contribution in [0.4, 0.5) is 4.39 Å². The summed E-state index contributed by atoms with van der Waals surface area (Å²) in [7, 11) is 2.04. The van der Waals surface area contributed by atoms with Gasteiger partial charge in [-0.25, -0.2) is 9.37 Å². The van der Waals surface area contributed by atoms with Crippen molar-refractivity contribution in [1.82, 2.24) is 14.1 Å². The summed E-state index contributed by atoms with van der Waals surface area (Å²) in [5.41, 5.74) is 4.63. The largest absolute Gasteiger partial charge is 0.342 e. The van der Waals surface area contributed by atoms with Crippen LogP contribution in [0.1, 0.15) is 11.4 Å². The van der Waals surface area contributed by atoms with Crippen LogP contribution in [0, 0.1) is 12.7 Å². The van der Waals surface area contributed by atoms with Gasteiger partial charge in [0.2, 0.25) is 0 Å². The molecule has 3 nitrogen and oxygen atoms in total. The van der Waals surface area contributed by atoms with Crippen LogP contribution in [0.25, 0.3) is 22.3 Å². The van der Waals surface area contributed by atoms with Crippen LogP contribution in [0.15, 0.2) is 24.4 Å². The van der Waals surface area contributed by atoms with Crippen LogP contribution in [0.5, 0.6) is 0 Å². The minimum absolute atomic E-state index is 0.170. The number of imidazole rings is 1. The Kier molecular flexibility index (Phi) is 1.97. The fraction of sp³-hybridized carbons (Fsp3) is 0.267. The molecule has 0 fully saturated rings. The molecule has 3 heterocycles. The molecule has 3 aromatic rings. The van der Waals surface area contributed by atoms with E-state index in [4.69, 9.17) is 0 Å². The molecular weight excluding hydrogens is 241 g/mol. The van der Waals surface area contributed by atoms with Gasteiger partial charge in [-0.2, -0.15) is 0 Å². The standard InChI is InChI=1S/C15H14FN3/c1-9-17-8-14-15-11(5-6-19(9)14)12-7-10(16)3-4-13(12)18(15)2/h3-4,7-8H,5-6H2,1-2H3. The first-order valence-electron chi connectivity index (χ1n) is 6.46. The van der Waals surface area contributed by atoms with E-state index in [1.54, 1.807) is 6.07 Å². The highest BCUT2D eigenvalue weighted by molar-refractivity contribution is 5.91. The van der Waals surface area contributed by atoms with Gasteiger partial charge in [-0.05, 0) is 37.1 Å². The minimum Gasteiger partial charge on any atom is -0.342 e. The predicted molar refractivity (Wildman–Crippen MR) is 72.5 cm³/mol. The van der Waals surface area contributed by atoms with E-state index in [-0.39, 0.29) is 5.82 Å². The Labute approximate surface area is 110 Å². The van der Waals surface area contributed by atoms with Crippen LogP contribution in [0.3, 0.4) is 0 Å². The number of aromatic nitrogens is 3. The van der Waals surface area contributed by atoms with Crippen molar-refractivity contribution in [3.63, 3.8) is 0 Å². The van der Waals surface area contributed by atoms with Gasteiger partial charge < -0.3 is 9.13 Å². The molecule has 1 aromatic carbocycles. The van der Waals surface area contributed by atoms with Gasteiger partial charge in [0, 0.05) is 24.5 Å². The third kappa shape index (κ3) is 1.28. The Hall–Kier alpha value is -2.10. The van der Waals surface area contributed by atoms with E-state index in [2.05, 4.69) is 14.1 Å². The smallest absolute Gasteiger partial charge is 0.123 e. The first-order chi connectivity index (χ1) is 9.16. The Balaban J connectivity index is 2.14. The summed E-state index contributed by atoms with van der Waals surface area (Å²) in [6, 6.07) is 5.03. The molecule has 1 aliphatic heterocycles. The molecule has 0 N–H and O–H groups in total. The number of fused-ring (bicyclic) bond motifs is 5. The van der Waals surface area contributed by atoms with Gasteiger partial charge in [0.1, 0.15) is 11.6 Å². The molecule has 0 saturated carbocycles. The lowest BCUT2D eigenvalue weighted by atomic mass is 10.0. The topological polar surface area (TPSA) is 22.8 Å². The van der Waals surface area contributed by atoms with Crippen molar-refractivity contribution in [2.45, 2.75) is 19.9 Å². The first-order valence-corrected chi connectivity index (χ1v) is 6.46. The fourth-order valence-electron chi connectivity index (χ4n) is 3.24. The van der Waals surface area contributed by atoms with E-state index in [1.807, 2.05) is 26.2 Å². The minimum atomic E-state index is -0.170. The average molecular weight is 255 g/mol. The Bertz CT molecular complexity index is 811. The van der Waals surface area contributed by atoms with E-state index in [0.717, 1.165) is 35.4 Å². The Morgan fingerprint density at radius 1 is 1.32 bits per heavy atom. The highest BCUT2D eigenvalue weighted by Gasteiger charge is 2.24. The SMILES string of the molecule is Cc1ncc2n1CCc1c-2n(C)c2ccc(F)cc12. The number of hydrogen-bond acceptors (Lipinski definition) is 1. The Morgan fingerprint density at radius 2 is 2.16 bits per heavy atom. The zero-order valence-corrected chi connectivity index (χ0v) is 10.9. The quantitative estimate of drug-likeness (QED) is 0.605. The Morgan fingerprint density at radius 3 is 3.00 bits per heavy atom. The zero-order valence-electron chi connectivity index (χ0n) is 10.9. The average Bonchev–Trinajstić information content (AvgIpc) is 2.90. The molecule has 4 rings (SSSR count). The van der Waals surface area contributed by atoms with Crippen molar-refractivity contribution in [3.8, 4) is 11.4 Å². The summed E-state index contributed by atoms with van der Waals surface area (Å²) in [5.74, 6) is 0.869. The van der Waals surface area contributed by atoms with Gasteiger partial charge in [-0.15, -0.1) is 0 Å². The molecule has 96 valence electrons. The maximum atomic E-state index is 13.5. The molecule has 0 aliphatic carbocycles. The molecule has 0 spiro atoms. The van der Waals surface area contributed by atoms with Gasteiger partial charge in [0.05, 0.1) is 17.6 Å². The summed E-state index contributed by atoms with van der Waals surface area (Å²) in [6.07, 6.45) is 2.85. The fourth-order valence-corrected chi connectivity index (χ4v) is 3.24. The highest BCUT2D eigenvalue weighted by Crippen LogP contribution is 2.37. The second-order valence-corrected chi connectivity index (χ2v) is 5.14. The van der Waals surface area contributed by atoms with Crippen molar-refractivity contribution < 1.29 is 4.39 Å². The van der Waals surface area contributed by atoms with Crippen LogP contribution >= 0.6 is 0 Å². The third-order valence-electron chi connectivity index (χ3n) is 4.15. The second-order valence-electron chi connectivity index (χ2n) is 5.14. The van der Waals surface area contributed by atoms with Crippen LogP contribution in [-0.4, -0.2) is 14.1 Å². The lowest BCUT2D eigenvalue weighted by molar-refractivity contribution is 0.629. The summed E-state index contributed by atoms with van der Waals surface area (Å²) in [5, 5.41) is 1.03. The summed E-state index contributed by atoms with van der Waals surface area (Å²) >= 11 is 0. The van der Waals surface area contributed by atoms with E-state index >= 15 is 0 Å². The maximum absolute atomic E-state index is 13.5. The van der Waals surface area contributed by atoms with E-state index in [9.17, 15) is 4.39 Å². The monoisotopic (exact) mass is 255 g/mol. The van der Waals surface area contributed by atoms with Gasteiger partial charge in [-0.1, -0.05) is 0 Å². The highest BCUT2D eigenvalue weighted by atomic mass is 19.1. The summed E-state index contributed by atoms with van der Waals surface area (Å²) in [6.45, 7) is 2.95. The molecule has 0 saturated heterocycles. The first kappa shape index (κ1) is 10.8. The lowest BCUT2D eigenvalue weighted by Gasteiger charge is -2.18. The van der Waals surface area contributed by atoms with E-state index in [1.165, 1.54) is 17.3 Å². The van der Waals surface area contributed by atoms with E-state index in [0.29, 0.717) is 0 Å². The third-order valence-corrected chi connectivity index (χ3v) is 4.15. The molecule has 0 amide bonds.